The van der Waals surface area contributed by atoms with Crippen molar-refractivity contribution in [3.63, 3.8) is 0 Å². The van der Waals surface area contributed by atoms with Crippen LogP contribution < -0.4 is 0 Å². The lowest BCUT2D eigenvalue weighted by Gasteiger charge is -2.24. The standard InChI is InChI=1S/C20H26N4O/c1-16-21-13-18(22-16)15-24(11-10-23(2)3)14-17-7-4-5-8-19(17)20-9-6-12-25-20/h4-9,12-13H,10-11,14-15H2,1-3H3,(H,21,22). The van der Waals surface area contributed by atoms with Crippen molar-refractivity contribution in [1.29, 1.82) is 0 Å². The van der Waals surface area contributed by atoms with E-state index in [1.165, 1.54) is 5.56 Å². The molecule has 5 nitrogen and oxygen atoms in total. The number of aromatic nitrogens is 2. The zero-order chi connectivity index (χ0) is 17.6. The van der Waals surface area contributed by atoms with E-state index < -0.39 is 0 Å². The molecule has 1 aromatic carbocycles. The number of rotatable bonds is 8. The number of nitrogens with one attached hydrogen (secondary N) is 1. The lowest BCUT2D eigenvalue weighted by atomic mass is 10.0. The highest BCUT2D eigenvalue weighted by atomic mass is 16.3. The normalized spacial score (nSPS) is 11.6. The smallest absolute Gasteiger partial charge is 0.134 e. The molecule has 2 heterocycles. The second-order valence-corrected chi connectivity index (χ2v) is 6.64. The molecule has 5 heteroatoms. The number of hydrogen-bond donors (Lipinski definition) is 1. The summed E-state index contributed by atoms with van der Waals surface area (Å²) < 4.78 is 5.62. The zero-order valence-corrected chi connectivity index (χ0v) is 15.2. The van der Waals surface area contributed by atoms with Crippen LogP contribution in [0.2, 0.25) is 0 Å². The summed E-state index contributed by atoms with van der Waals surface area (Å²) in [6, 6.07) is 12.4. The van der Waals surface area contributed by atoms with E-state index in [0.29, 0.717) is 0 Å². The van der Waals surface area contributed by atoms with Crippen molar-refractivity contribution in [2.45, 2.75) is 20.0 Å². The van der Waals surface area contributed by atoms with E-state index in [4.69, 9.17) is 4.42 Å². The average Bonchev–Trinajstić information content (AvgIpc) is 3.25. The van der Waals surface area contributed by atoms with E-state index in [0.717, 1.165) is 49.0 Å². The van der Waals surface area contributed by atoms with Gasteiger partial charge in [0.15, 0.2) is 0 Å². The van der Waals surface area contributed by atoms with Crippen LogP contribution in [0.15, 0.2) is 53.3 Å². The van der Waals surface area contributed by atoms with Crippen LogP contribution in [0.25, 0.3) is 11.3 Å². The Kier molecular flexibility index (Phi) is 5.68. The SMILES string of the molecule is Cc1ncc(CN(CCN(C)C)Cc2ccccc2-c2ccco2)[nH]1. The molecule has 132 valence electrons. The van der Waals surface area contributed by atoms with Crippen molar-refractivity contribution in [2.75, 3.05) is 27.2 Å². The van der Waals surface area contributed by atoms with Gasteiger partial charge < -0.3 is 14.3 Å². The maximum atomic E-state index is 5.62. The molecule has 0 atom stereocenters. The maximum absolute atomic E-state index is 5.62. The Balaban J connectivity index is 1.80. The Hall–Kier alpha value is -2.37. The number of benzene rings is 1. The summed E-state index contributed by atoms with van der Waals surface area (Å²) in [6.45, 7) is 5.69. The van der Waals surface area contributed by atoms with Gasteiger partial charge in [-0.25, -0.2) is 4.98 Å². The summed E-state index contributed by atoms with van der Waals surface area (Å²) in [5.74, 6) is 1.87. The average molecular weight is 338 g/mol. The monoisotopic (exact) mass is 338 g/mol. The summed E-state index contributed by atoms with van der Waals surface area (Å²) in [5.41, 5.74) is 3.57. The predicted molar refractivity (Wildman–Crippen MR) is 100 cm³/mol. The first-order valence-corrected chi connectivity index (χ1v) is 8.61. The first-order valence-electron chi connectivity index (χ1n) is 8.61. The van der Waals surface area contributed by atoms with Crippen molar-refractivity contribution in [1.82, 2.24) is 19.8 Å². The molecular weight excluding hydrogens is 312 g/mol. The molecule has 2 aromatic heterocycles. The Labute approximate surface area is 149 Å². The molecule has 0 saturated heterocycles. The van der Waals surface area contributed by atoms with E-state index in [1.54, 1.807) is 6.26 Å². The minimum atomic E-state index is 0.848. The summed E-state index contributed by atoms with van der Waals surface area (Å²) in [7, 11) is 4.21. The number of aromatic amines is 1. The van der Waals surface area contributed by atoms with Gasteiger partial charge in [0.25, 0.3) is 0 Å². The number of imidazole rings is 1. The van der Waals surface area contributed by atoms with Crippen LogP contribution in [0.1, 0.15) is 17.1 Å². The molecule has 0 bridgehead atoms. The van der Waals surface area contributed by atoms with Crippen molar-refractivity contribution in [2.24, 2.45) is 0 Å². The fraction of sp³-hybridized carbons (Fsp3) is 0.350. The summed E-state index contributed by atoms with van der Waals surface area (Å²) in [4.78, 5) is 12.3. The number of aryl methyl sites for hydroxylation is 1. The van der Waals surface area contributed by atoms with E-state index in [2.05, 4.69) is 58.1 Å². The number of hydrogen-bond acceptors (Lipinski definition) is 4. The quantitative estimate of drug-likeness (QED) is 0.682. The van der Waals surface area contributed by atoms with E-state index in [-0.39, 0.29) is 0 Å². The predicted octanol–water partition coefficient (Wildman–Crippen LogP) is 3.54. The first-order chi connectivity index (χ1) is 12.1. The van der Waals surface area contributed by atoms with E-state index in [9.17, 15) is 0 Å². The van der Waals surface area contributed by atoms with Crippen LogP contribution in [-0.2, 0) is 13.1 Å². The van der Waals surface area contributed by atoms with Gasteiger partial charge >= 0.3 is 0 Å². The molecule has 0 spiro atoms. The highest BCUT2D eigenvalue weighted by molar-refractivity contribution is 5.61. The van der Waals surface area contributed by atoms with Crippen LogP contribution in [0.5, 0.6) is 0 Å². The molecular formula is C20H26N4O. The molecule has 0 unspecified atom stereocenters. The Morgan fingerprint density at radius 2 is 1.88 bits per heavy atom. The molecule has 0 amide bonds. The number of furan rings is 1. The van der Waals surface area contributed by atoms with E-state index >= 15 is 0 Å². The molecule has 0 aliphatic heterocycles. The van der Waals surface area contributed by atoms with Crippen LogP contribution in [-0.4, -0.2) is 47.0 Å². The van der Waals surface area contributed by atoms with Crippen LogP contribution >= 0.6 is 0 Å². The van der Waals surface area contributed by atoms with Gasteiger partial charge in [0.2, 0.25) is 0 Å². The van der Waals surface area contributed by atoms with Gasteiger partial charge in [-0.2, -0.15) is 0 Å². The molecule has 3 aromatic rings. The van der Waals surface area contributed by atoms with Gasteiger partial charge in [-0.15, -0.1) is 0 Å². The van der Waals surface area contributed by atoms with Crippen molar-refractivity contribution < 1.29 is 4.42 Å². The molecule has 0 aliphatic carbocycles. The third-order valence-corrected chi connectivity index (χ3v) is 4.21. The molecule has 0 saturated carbocycles. The molecule has 0 aliphatic rings. The lowest BCUT2D eigenvalue weighted by molar-refractivity contribution is 0.224. The third kappa shape index (κ3) is 4.81. The minimum Gasteiger partial charge on any atom is -0.464 e. The fourth-order valence-electron chi connectivity index (χ4n) is 2.92. The summed E-state index contributed by atoms with van der Waals surface area (Å²) >= 11 is 0. The van der Waals surface area contributed by atoms with Gasteiger partial charge in [0.1, 0.15) is 11.6 Å². The number of nitrogens with zero attached hydrogens (tertiary/aromatic N) is 3. The molecule has 0 radical (unpaired) electrons. The second-order valence-electron chi connectivity index (χ2n) is 6.64. The van der Waals surface area contributed by atoms with Crippen LogP contribution in [0.4, 0.5) is 0 Å². The maximum Gasteiger partial charge on any atom is 0.134 e. The molecule has 0 fully saturated rings. The molecule has 3 rings (SSSR count). The minimum absolute atomic E-state index is 0.848. The van der Waals surface area contributed by atoms with Crippen LogP contribution in [0, 0.1) is 6.92 Å². The van der Waals surface area contributed by atoms with Gasteiger partial charge in [0.05, 0.1) is 6.26 Å². The van der Waals surface area contributed by atoms with Gasteiger partial charge in [-0.3, -0.25) is 4.90 Å². The zero-order valence-electron chi connectivity index (χ0n) is 15.2. The van der Waals surface area contributed by atoms with Crippen molar-refractivity contribution >= 4 is 0 Å². The first kappa shape index (κ1) is 17.5. The van der Waals surface area contributed by atoms with Crippen LogP contribution in [0.3, 0.4) is 0 Å². The Morgan fingerprint density at radius 3 is 2.56 bits per heavy atom. The second kappa shape index (κ2) is 8.14. The molecule has 25 heavy (non-hydrogen) atoms. The highest BCUT2D eigenvalue weighted by Gasteiger charge is 2.13. The van der Waals surface area contributed by atoms with E-state index in [1.807, 2.05) is 25.3 Å². The Bertz CT molecular complexity index is 777. The van der Waals surface area contributed by atoms with Gasteiger partial charge in [-0.05, 0) is 38.7 Å². The third-order valence-electron chi connectivity index (χ3n) is 4.21. The van der Waals surface area contributed by atoms with Gasteiger partial charge in [-0.1, -0.05) is 24.3 Å². The van der Waals surface area contributed by atoms with Gasteiger partial charge in [0, 0.05) is 43.6 Å². The highest BCUT2D eigenvalue weighted by Crippen LogP contribution is 2.25. The number of likely N-dealkylation sites (N-methyl/N-ethyl adjacent to an activating group) is 1. The Morgan fingerprint density at radius 1 is 1.04 bits per heavy atom. The summed E-state index contributed by atoms with van der Waals surface area (Å²) in [5, 5.41) is 0. The largest absolute Gasteiger partial charge is 0.464 e. The molecule has 1 N–H and O–H groups in total. The fourth-order valence-corrected chi connectivity index (χ4v) is 2.92. The topological polar surface area (TPSA) is 48.3 Å². The van der Waals surface area contributed by atoms with Crippen molar-refractivity contribution in [3.05, 3.63) is 65.9 Å². The number of H-pyrrole nitrogens is 1. The summed E-state index contributed by atoms with van der Waals surface area (Å²) in [6.07, 6.45) is 3.65. The van der Waals surface area contributed by atoms with Crippen molar-refractivity contribution in [3.8, 4) is 11.3 Å². The lowest BCUT2D eigenvalue weighted by Crippen LogP contribution is -2.31.